The molecule has 2 N–H and O–H groups in total. The fourth-order valence-electron chi connectivity index (χ4n) is 2.13. The largest absolute Gasteiger partial charge is 0.497 e. The third-order valence-electron chi connectivity index (χ3n) is 3.31. The van der Waals surface area contributed by atoms with Crippen LogP contribution < -0.4 is 19.9 Å². The van der Waals surface area contributed by atoms with Gasteiger partial charge >= 0.3 is 0 Å². The van der Waals surface area contributed by atoms with E-state index < -0.39 is 0 Å². The maximum atomic E-state index is 6.36. The highest BCUT2D eigenvalue weighted by atomic mass is 79.9. The summed E-state index contributed by atoms with van der Waals surface area (Å²) in [6.07, 6.45) is 0. The Labute approximate surface area is 132 Å². The first-order valence-electron chi connectivity index (χ1n) is 6.41. The van der Waals surface area contributed by atoms with Crippen LogP contribution in [0.15, 0.2) is 40.9 Å². The zero-order valence-corrected chi connectivity index (χ0v) is 13.8. The fraction of sp³-hybridized carbons (Fsp3) is 0.250. The minimum Gasteiger partial charge on any atom is -0.497 e. The fourth-order valence-corrected chi connectivity index (χ4v) is 2.69. The van der Waals surface area contributed by atoms with Crippen LogP contribution in [0.2, 0.25) is 0 Å². The van der Waals surface area contributed by atoms with Gasteiger partial charge in [-0.2, -0.15) is 0 Å². The molecule has 1 unspecified atom stereocenters. The van der Waals surface area contributed by atoms with E-state index >= 15 is 0 Å². The van der Waals surface area contributed by atoms with Gasteiger partial charge in [0.1, 0.15) is 17.2 Å². The molecule has 2 aromatic rings. The molecule has 0 aromatic heterocycles. The van der Waals surface area contributed by atoms with Crippen LogP contribution in [0.3, 0.4) is 0 Å². The average molecular weight is 352 g/mol. The van der Waals surface area contributed by atoms with Crippen LogP contribution in [0.25, 0.3) is 0 Å². The third kappa shape index (κ3) is 3.31. The van der Waals surface area contributed by atoms with Gasteiger partial charge in [-0.15, -0.1) is 0 Å². The minimum atomic E-state index is -0.298. The summed E-state index contributed by atoms with van der Waals surface area (Å²) >= 11 is 3.47. The highest BCUT2D eigenvalue weighted by Crippen LogP contribution is 2.34. The first kappa shape index (κ1) is 15.7. The second-order valence-corrected chi connectivity index (χ2v) is 5.33. The summed E-state index contributed by atoms with van der Waals surface area (Å²) in [4.78, 5) is 0. The first-order valence-corrected chi connectivity index (χ1v) is 7.21. The molecule has 0 aliphatic carbocycles. The van der Waals surface area contributed by atoms with Crippen LogP contribution in [-0.4, -0.2) is 21.3 Å². The zero-order valence-electron chi connectivity index (χ0n) is 12.2. The number of benzene rings is 2. The lowest BCUT2D eigenvalue weighted by Gasteiger charge is -2.18. The molecule has 5 heteroatoms. The van der Waals surface area contributed by atoms with E-state index in [2.05, 4.69) is 15.9 Å². The first-order chi connectivity index (χ1) is 10.1. The van der Waals surface area contributed by atoms with Crippen LogP contribution in [0, 0.1) is 0 Å². The quantitative estimate of drug-likeness (QED) is 0.895. The van der Waals surface area contributed by atoms with Crippen molar-refractivity contribution >= 4 is 15.9 Å². The second-order valence-electron chi connectivity index (χ2n) is 4.48. The molecule has 0 saturated heterocycles. The van der Waals surface area contributed by atoms with Crippen molar-refractivity contribution < 1.29 is 14.2 Å². The lowest BCUT2D eigenvalue weighted by Crippen LogP contribution is -2.13. The van der Waals surface area contributed by atoms with Gasteiger partial charge in [-0.05, 0) is 45.8 Å². The molecule has 0 heterocycles. The lowest BCUT2D eigenvalue weighted by molar-refractivity contribution is 0.390. The molecule has 4 nitrogen and oxygen atoms in total. The molecule has 0 aliphatic heterocycles. The normalized spacial score (nSPS) is 11.9. The van der Waals surface area contributed by atoms with Gasteiger partial charge < -0.3 is 19.9 Å². The summed E-state index contributed by atoms with van der Waals surface area (Å²) in [5, 5.41) is 0. The van der Waals surface area contributed by atoms with Crippen molar-refractivity contribution in [3.8, 4) is 17.2 Å². The van der Waals surface area contributed by atoms with Crippen LogP contribution >= 0.6 is 15.9 Å². The van der Waals surface area contributed by atoms with Gasteiger partial charge in [-0.25, -0.2) is 0 Å². The molecule has 1 atom stereocenters. The minimum absolute atomic E-state index is 0.298. The molecule has 21 heavy (non-hydrogen) atoms. The van der Waals surface area contributed by atoms with E-state index in [1.165, 1.54) is 0 Å². The maximum Gasteiger partial charge on any atom is 0.133 e. The standard InChI is InChI=1S/C16H18BrNO3/c1-19-11-5-6-12(15(9-11)21-3)16(18)10-4-7-14(20-2)13(17)8-10/h4-9,16H,18H2,1-3H3. The summed E-state index contributed by atoms with van der Waals surface area (Å²) in [6.45, 7) is 0. The summed E-state index contributed by atoms with van der Waals surface area (Å²) in [5.74, 6) is 2.21. The Morgan fingerprint density at radius 3 is 2.19 bits per heavy atom. The monoisotopic (exact) mass is 351 g/mol. The zero-order chi connectivity index (χ0) is 15.4. The Balaban J connectivity index is 2.39. The van der Waals surface area contributed by atoms with Gasteiger partial charge in [-0.1, -0.05) is 6.07 Å². The van der Waals surface area contributed by atoms with E-state index in [1.807, 2.05) is 36.4 Å². The predicted molar refractivity (Wildman–Crippen MR) is 86.3 cm³/mol. The highest BCUT2D eigenvalue weighted by Gasteiger charge is 2.16. The van der Waals surface area contributed by atoms with Crippen molar-refractivity contribution in [1.29, 1.82) is 0 Å². The molecular weight excluding hydrogens is 334 g/mol. The summed E-state index contributed by atoms with van der Waals surface area (Å²) < 4.78 is 16.7. The van der Waals surface area contributed by atoms with Gasteiger partial charge in [-0.3, -0.25) is 0 Å². The van der Waals surface area contributed by atoms with Crippen molar-refractivity contribution in [2.75, 3.05) is 21.3 Å². The summed E-state index contributed by atoms with van der Waals surface area (Å²) in [5.41, 5.74) is 8.22. The summed E-state index contributed by atoms with van der Waals surface area (Å²) in [7, 11) is 4.87. The maximum absolute atomic E-state index is 6.36. The molecular formula is C16H18BrNO3. The van der Waals surface area contributed by atoms with E-state index in [-0.39, 0.29) is 6.04 Å². The van der Waals surface area contributed by atoms with Crippen LogP contribution in [0.5, 0.6) is 17.2 Å². The Hall–Kier alpha value is -1.72. The number of nitrogens with two attached hydrogens (primary N) is 1. The second kappa shape index (κ2) is 6.83. The molecule has 2 aromatic carbocycles. The van der Waals surface area contributed by atoms with E-state index in [4.69, 9.17) is 19.9 Å². The molecule has 112 valence electrons. The molecule has 0 saturated carbocycles. The van der Waals surface area contributed by atoms with Gasteiger partial charge in [0, 0.05) is 11.6 Å². The average Bonchev–Trinajstić information content (AvgIpc) is 2.53. The number of hydrogen-bond donors (Lipinski definition) is 1. The van der Waals surface area contributed by atoms with Gasteiger partial charge in [0.25, 0.3) is 0 Å². The van der Waals surface area contributed by atoms with Crippen molar-refractivity contribution in [3.05, 3.63) is 52.0 Å². The van der Waals surface area contributed by atoms with Crippen LogP contribution in [0.4, 0.5) is 0 Å². The highest BCUT2D eigenvalue weighted by molar-refractivity contribution is 9.10. The van der Waals surface area contributed by atoms with Gasteiger partial charge in [0.05, 0.1) is 31.8 Å². The number of ether oxygens (including phenoxy) is 3. The topological polar surface area (TPSA) is 53.7 Å². The molecule has 0 aliphatic rings. The number of methoxy groups -OCH3 is 3. The van der Waals surface area contributed by atoms with Crippen LogP contribution in [0.1, 0.15) is 17.2 Å². The molecule has 0 amide bonds. The predicted octanol–water partition coefficient (Wildman–Crippen LogP) is 3.52. The van der Waals surface area contributed by atoms with E-state index in [0.29, 0.717) is 5.75 Å². The summed E-state index contributed by atoms with van der Waals surface area (Å²) in [6, 6.07) is 11.1. The van der Waals surface area contributed by atoms with Crippen molar-refractivity contribution in [2.45, 2.75) is 6.04 Å². The Kier molecular flexibility index (Phi) is 5.09. The van der Waals surface area contributed by atoms with E-state index in [0.717, 1.165) is 27.1 Å². The Morgan fingerprint density at radius 1 is 0.905 bits per heavy atom. The third-order valence-corrected chi connectivity index (χ3v) is 3.93. The molecule has 0 bridgehead atoms. The Morgan fingerprint density at radius 2 is 1.62 bits per heavy atom. The van der Waals surface area contributed by atoms with Crippen LogP contribution in [-0.2, 0) is 0 Å². The Bertz CT molecular complexity index is 631. The number of rotatable bonds is 5. The molecule has 0 fully saturated rings. The van der Waals surface area contributed by atoms with Gasteiger partial charge in [0.15, 0.2) is 0 Å². The molecule has 0 radical (unpaired) electrons. The smallest absolute Gasteiger partial charge is 0.133 e. The molecule has 0 spiro atoms. The number of halogens is 1. The van der Waals surface area contributed by atoms with Crippen molar-refractivity contribution in [3.63, 3.8) is 0 Å². The van der Waals surface area contributed by atoms with E-state index in [9.17, 15) is 0 Å². The lowest BCUT2D eigenvalue weighted by atomic mass is 9.98. The van der Waals surface area contributed by atoms with Crippen molar-refractivity contribution in [1.82, 2.24) is 0 Å². The molecule has 2 rings (SSSR count). The van der Waals surface area contributed by atoms with Crippen molar-refractivity contribution in [2.24, 2.45) is 5.73 Å². The van der Waals surface area contributed by atoms with Gasteiger partial charge in [0.2, 0.25) is 0 Å². The SMILES string of the molecule is COc1ccc(C(N)c2ccc(OC)c(Br)c2)c(OC)c1. The van der Waals surface area contributed by atoms with E-state index in [1.54, 1.807) is 21.3 Å². The number of hydrogen-bond acceptors (Lipinski definition) is 4.